The lowest BCUT2D eigenvalue weighted by molar-refractivity contribution is 0.0898. The summed E-state index contributed by atoms with van der Waals surface area (Å²) in [6.45, 7) is 0.333. The van der Waals surface area contributed by atoms with Crippen LogP contribution in [0.5, 0.6) is 11.5 Å². The lowest BCUT2D eigenvalue weighted by Gasteiger charge is -2.30. The highest BCUT2D eigenvalue weighted by Gasteiger charge is 2.30. The van der Waals surface area contributed by atoms with Gasteiger partial charge in [-0.25, -0.2) is 4.39 Å². The van der Waals surface area contributed by atoms with Gasteiger partial charge in [0.2, 0.25) is 0 Å². The van der Waals surface area contributed by atoms with Gasteiger partial charge in [0.05, 0.1) is 9.85 Å². The van der Waals surface area contributed by atoms with Gasteiger partial charge in [-0.2, -0.15) is 0 Å². The summed E-state index contributed by atoms with van der Waals surface area (Å²) in [4.78, 5) is -0.364. The van der Waals surface area contributed by atoms with Crippen LogP contribution in [0.25, 0.3) is 0 Å². The van der Waals surface area contributed by atoms with Crippen LogP contribution in [0.3, 0.4) is 0 Å². The topological polar surface area (TPSA) is 18.5 Å². The Morgan fingerprint density at radius 3 is 2.71 bits per heavy atom. The number of hydrogen-bond acceptors (Lipinski definition) is 2. The van der Waals surface area contributed by atoms with E-state index in [0.717, 1.165) is 0 Å². The fourth-order valence-electron chi connectivity index (χ4n) is 2.13. The second-order valence-electron chi connectivity index (χ2n) is 4.60. The van der Waals surface area contributed by atoms with Gasteiger partial charge in [-0.15, -0.1) is 0 Å². The SMILES string of the molecule is Fc1cc(Br)c(Cl)cc1C(Br)C1COc2ccccc2O1. The van der Waals surface area contributed by atoms with Crippen molar-refractivity contribution < 1.29 is 13.9 Å². The molecule has 0 amide bonds. The van der Waals surface area contributed by atoms with Crippen LogP contribution in [0.2, 0.25) is 5.02 Å². The molecule has 0 radical (unpaired) electrons. The van der Waals surface area contributed by atoms with E-state index in [4.69, 9.17) is 21.1 Å². The maximum atomic E-state index is 14.1. The first-order valence-corrected chi connectivity index (χ1v) is 8.32. The summed E-state index contributed by atoms with van der Waals surface area (Å²) < 4.78 is 26.2. The molecule has 2 aromatic carbocycles. The van der Waals surface area contributed by atoms with Gasteiger partial charge in [-0.05, 0) is 40.2 Å². The molecule has 0 saturated carbocycles. The zero-order valence-corrected chi connectivity index (χ0v) is 14.6. The van der Waals surface area contributed by atoms with E-state index in [9.17, 15) is 4.39 Å². The molecule has 0 saturated heterocycles. The average molecular weight is 437 g/mol. The minimum Gasteiger partial charge on any atom is -0.486 e. The molecule has 21 heavy (non-hydrogen) atoms. The Bertz CT molecular complexity index is 681. The summed E-state index contributed by atoms with van der Waals surface area (Å²) in [5.74, 6) is 1.00. The van der Waals surface area contributed by atoms with Crippen molar-refractivity contribution in [3.05, 3.63) is 57.3 Å². The maximum absolute atomic E-state index is 14.1. The highest BCUT2D eigenvalue weighted by atomic mass is 79.9. The van der Waals surface area contributed by atoms with E-state index in [1.165, 1.54) is 6.07 Å². The van der Waals surface area contributed by atoms with Crippen molar-refractivity contribution in [2.24, 2.45) is 0 Å². The van der Waals surface area contributed by atoms with Crippen LogP contribution in [0.1, 0.15) is 10.4 Å². The largest absolute Gasteiger partial charge is 0.486 e. The van der Waals surface area contributed by atoms with Crippen molar-refractivity contribution in [3.8, 4) is 11.5 Å². The number of ether oxygens (including phenoxy) is 2. The minimum absolute atomic E-state index is 0.333. The Morgan fingerprint density at radius 2 is 1.95 bits per heavy atom. The predicted molar refractivity (Wildman–Crippen MR) is 87.1 cm³/mol. The van der Waals surface area contributed by atoms with Gasteiger partial charge in [-0.3, -0.25) is 0 Å². The van der Waals surface area contributed by atoms with Gasteiger partial charge in [0.25, 0.3) is 0 Å². The van der Waals surface area contributed by atoms with Crippen molar-refractivity contribution in [2.75, 3.05) is 6.61 Å². The molecule has 0 spiro atoms. The van der Waals surface area contributed by atoms with Gasteiger partial charge < -0.3 is 9.47 Å². The summed E-state index contributed by atoms with van der Waals surface area (Å²) in [6.07, 6.45) is -0.341. The molecule has 3 rings (SSSR count). The predicted octanol–water partition coefficient (Wildman–Crippen LogP) is 5.52. The third-order valence-corrected chi connectivity index (χ3v) is 5.47. The van der Waals surface area contributed by atoms with E-state index in [-0.39, 0.29) is 16.7 Å². The maximum Gasteiger partial charge on any atom is 0.161 e. The second kappa shape index (κ2) is 6.15. The number of alkyl halides is 1. The third kappa shape index (κ3) is 3.05. The Labute approximate surface area is 143 Å². The first kappa shape index (κ1) is 15.1. The number of para-hydroxylation sites is 2. The van der Waals surface area contributed by atoms with Gasteiger partial charge >= 0.3 is 0 Å². The lowest BCUT2D eigenvalue weighted by atomic mass is 10.1. The number of fused-ring (bicyclic) bond motifs is 1. The molecule has 1 heterocycles. The summed E-state index contributed by atoms with van der Waals surface area (Å²) in [5, 5.41) is 0.452. The molecule has 2 nitrogen and oxygen atoms in total. The van der Waals surface area contributed by atoms with Gasteiger partial charge in [0, 0.05) is 10.0 Å². The van der Waals surface area contributed by atoms with E-state index < -0.39 is 0 Å². The monoisotopic (exact) mass is 434 g/mol. The van der Waals surface area contributed by atoms with Crippen molar-refractivity contribution in [1.82, 2.24) is 0 Å². The molecule has 0 fully saturated rings. The van der Waals surface area contributed by atoms with Gasteiger partial charge in [0.15, 0.2) is 11.5 Å². The van der Waals surface area contributed by atoms with Crippen LogP contribution in [-0.2, 0) is 0 Å². The van der Waals surface area contributed by atoms with Crippen LogP contribution in [0.4, 0.5) is 4.39 Å². The van der Waals surface area contributed by atoms with Crippen molar-refractivity contribution >= 4 is 43.5 Å². The molecule has 2 unspecified atom stereocenters. The molecular formula is C15H10Br2ClFO2. The average Bonchev–Trinajstić information content (AvgIpc) is 2.50. The fourth-order valence-corrected chi connectivity index (χ4v) is 3.23. The normalized spacial score (nSPS) is 18.4. The third-order valence-electron chi connectivity index (χ3n) is 3.19. The highest BCUT2D eigenvalue weighted by Crippen LogP contribution is 2.39. The number of hydrogen-bond donors (Lipinski definition) is 0. The molecule has 1 aliphatic rings. The summed E-state index contributed by atoms with van der Waals surface area (Å²) >= 11 is 12.7. The highest BCUT2D eigenvalue weighted by molar-refractivity contribution is 9.10. The Balaban J connectivity index is 1.87. The first-order chi connectivity index (χ1) is 10.1. The summed E-state index contributed by atoms with van der Waals surface area (Å²) in [5.41, 5.74) is 0.441. The molecule has 0 aliphatic carbocycles. The van der Waals surface area contributed by atoms with Crippen molar-refractivity contribution in [1.29, 1.82) is 0 Å². The molecule has 0 N–H and O–H groups in total. The molecule has 110 valence electrons. The van der Waals surface area contributed by atoms with E-state index in [2.05, 4.69) is 31.9 Å². The van der Waals surface area contributed by atoms with E-state index in [1.807, 2.05) is 24.3 Å². The molecule has 6 heteroatoms. The summed E-state index contributed by atoms with van der Waals surface area (Å²) in [6, 6.07) is 10.3. The van der Waals surface area contributed by atoms with Crippen LogP contribution in [0, 0.1) is 5.82 Å². The van der Waals surface area contributed by atoms with Crippen LogP contribution >= 0.6 is 43.5 Å². The zero-order chi connectivity index (χ0) is 15.0. The minimum atomic E-state index is -0.364. The molecule has 0 aromatic heterocycles. The van der Waals surface area contributed by atoms with Crippen molar-refractivity contribution in [2.45, 2.75) is 10.9 Å². The number of rotatable bonds is 2. The van der Waals surface area contributed by atoms with Gasteiger partial charge in [0.1, 0.15) is 18.5 Å². The second-order valence-corrected chi connectivity index (χ2v) is 6.85. The molecule has 2 atom stereocenters. The summed E-state index contributed by atoms with van der Waals surface area (Å²) in [7, 11) is 0. The molecule has 1 aliphatic heterocycles. The Kier molecular flexibility index (Phi) is 4.43. The first-order valence-electron chi connectivity index (χ1n) is 6.23. The van der Waals surface area contributed by atoms with E-state index in [1.54, 1.807) is 6.07 Å². The lowest BCUT2D eigenvalue weighted by Crippen LogP contribution is -2.33. The number of benzene rings is 2. The van der Waals surface area contributed by atoms with E-state index >= 15 is 0 Å². The van der Waals surface area contributed by atoms with E-state index in [0.29, 0.717) is 33.2 Å². The molecule has 0 bridgehead atoms. The van der Waals surface area contributed by atoms with Crippen LogP contribution in [0.15, 0.2) is 40.9 Å². The van der Waals surface area contributed by atoms with Crippen LogP contribution < -0.4 is 9.47 Å². The molecular weight excluding hydrogens is 426 g/mol. The molecule has 2 aromatic rings. The standard InChI is InChI=1S/C15H10Br2ClFO2/c16-9-6-11(19)8(5-10(9)18)15(17)14-7-20-12-3-1-2-4-13(12)21-14/h1-6,14-15H,7H2. The fraction of sp³-hybridized carbons (Fsp3) is 0.200. The van der Waals surface area contributed by atoms with Gasteiger partial charge in [-0.1, -0.05) is 39.7 Å². The Morgan fingerprint density at radius 1 is 1.24 bits per heavy atom. The number of halogens is 4. The zero-order valence-electron chi connectivity index (χ0n) is 10.7. The van der Waals surface area contributed by atoms with Crippen LogP contribution in [-0.4, -0.2) is 12.7 Å². The smallest absolute Gasteiger partial charge is 0.161 e. The Hall–Kier alpha value is -0.780. The van der Waals surface area contributed by atoms with Crippen molar-refractivity contribution in [3.63, 3.8) is 0 Å². The quantitative estimate of drug-likeness (QED) is 0.456.